The highest BCUT2D eigenvalue weighted by molar-refractivity contribution is 5.25. The van der Waals surface area contributed by atoms with Gasteiger partial charge in [0.15, 0.2) is 0 Å². The van der Waals surface area contributed by atoms with Crippen molar-refractivity contribution in [2.24, 2.45) is 0 Å². The van der Waals surface area contributed by atoms with E-state index >= 15 is 0 Å². The Hall–Kier alpha value is -1.30. The van der Waals surface area contributed by atoms with E-state index in [0.29, 0.717) is 0 Å². The monoisotopic (exact) mass is 186 g/mol. The van der Waals surface area contributed by atoms with Crippen LogP contribution in [-0.4, -0.2) is 0 Å². The van der Waals surface area contributed by atoms with Crippen LogP contribution in [0.2, 0.25) is 0 Å². The van der Waals surface area contributed by atoms with Crippen molar-refractivity contribution in [2.45, 2.75) is 26.2 Å². The van der Waals surface area contributed by atoms with Gasteiger partial charge in [-0.05, 0) is 37.3 Å². The summed E-state index contributed by atoms with van der Waals surface area (Å²) in [4.78, 5) is 0. The Balaban J connectivity index is 2.42. The minimum absolute atomic E-state index is 1.05. The Morgan fingerprint density at radius 2 is 2.07 bits per heavy atom. The minimum atomic E-state index is 1.05. The summed E-state index contributed by atoms with van der Waals surface area (Å²) in [7, 11) is 0. The molecule has 0 aliphatic heterocycles. The number of rotatable bonds is 5. The van der Waals surface area contributed by atoms with Gasteiger partial charge in [-0.25, -0.2) is 0 Å². The van der Waals surface area contributed by atoms with Crippen LogP contribution in [0.25, 0.3) is 0 Å². The van der Waals surface area contributed by atoms with Gasteiger partial charge < -0.3 is 0 Å². The zero-order valence-electron chi connectivity index (χ0n) is 8.92. The Kier molecular flexibility index (Phi) is 4.18. The van der Waals surface area contributed by atoms with Crippen LogP contribution in [0.15, 0.2) is 49.1 Å². The summed E-state index contributed by atoms with van der Waals surface area (Å²) < 4.78 is 0. The average molecular weight is 186 g/mol. The second kappa shape index (κ2) is 5.43. The van der Waals surface area contributed by atoms with E-state index < -0.39 is 0 Å². The molecule has 0 atom stereocenters. The molecule has 74 valence electrons. The number of benzene rings is 1. The molecule has 0 saturated heterocycles. The van der Waals surface area contributed by atoms with Gasteiger partial charge in [0.2, 0.25) is 0 Å². The first-order chi connectivity index (χ1) is 6.74. The summed E-state index contributed by atoms with van der Waals surface area (Å²) in [5.41, 5.74) is 3.97. The van der Waals surface area contributed by atoms with Gasteiger partial charge in [-0.3, -0.25) is 0 Å². The second-order valence-corrected chi connectivity index (χ2v) is 3.64. The molecule has 0 fully saturated rings. The highest BCUT2D eigenvalue weighted by Gasteiger charge is 1.96. The maximum atomic E-state index is 3.91. The normalized spacial score (nSPS) is 9.79. The molecule has 0 unspecified atom stereocenters. The van der Waals surface area contributed by atoms with Crippen molar-refractivity contribution in [1.82, 2.24) is 0 Å². The molecule has 0 aliphatic rings. The van der Waals surface area contributed by atoms with Gasteiger partial charge in [0.05, 0.1) is 0 Å². The second-order valence-electron chi connectivity index (χ2n) is 3.64. The van der Waals surface area contributed by atoms with Crippen molar-refractivity contribution >= 4 is 0 Å². The molecule has 1 rings (SSSR count). The van der Waals surface area contributed by atoms with Crippen LogP contribution in [0.3, 0.4) is 0 Å². The van der Waals surface area contributed by atoms with Crippen LogP contribution in [0.5, 0.6) is 0 Å². The minimum Gasteiger partial charge on any atom is -0.0988 e. The molecule has 0 aliphatic carbocycles. The molecule has 0 amide bonds. The molecule has 0 N–H and O–H groups in total. The molecule has 0 aromatic heterocycles. The molecule has 14 heavy (non-hydrogen) atoms. The quantitative estimate of drug-likeness (QED) is 0.608. The number of allylic oxidation sites excluding steroid dienone is 2. The van der Waals surface area contributed by atoms with Crippen molar-refractivity contribution in [2.75, 3.05) is 0 Å². The average Bonchev–Trinajstić information content (AvgIpc) is 2.20. The Morgan fingerprint density at radius 1 is 1.36 bits per heavy atom. The van der Waals surface area contributed by atoms with Gasteiger partial charge in [0.25, 0.3) is 0 Å². The molecule has 0 spiro atoms. The highest BCUT2D eigenvalue weighted by Crippen LogP contribution is 2.12. The summed E-state index contributed by atoms with van der Waals surface area (Å²) >= 11 is 0. The topological polar surface area (TPSA) is 0 Å². The number of hydrogen-bond donors (Lipinski definition) is 0. The molecule has 0 saturated carbocycles. The van der Waals surface area contributed by atoms with E-state index in [1.165, 1.54) is 11.1 Å². The van der Waals surface area contributed by atoms with Crippen LogP contribution >= 0.6 is 0 Å². The lowest BCUT2D eigenvalue weighted by molar-refractivity contribution is 0.821. The van der Waals surface area contributed by atoms with Crippen LogP contribution < -0.4 is 0 Å². The van der Waals surface area contributed by atoms with E-state index in [0.717, 1.165) is 24.8 Å². The van der Waals surface area contributed by atoms with Crippen LogP contribution in [0.4, 0.5) is 0 Å². The highest BCUT2D eigenvalue weighted by atomic mass is 14.0. The third-order valence-corrected chi connectivity index (χ3v) is 2.49. The third-order valence-electron chi connectivity index (χ3n) is 2.49. The summed E-state index contributed by atoms with van der Waals surface area (Å²) in [6.45, 7) is 9.78. The van der Waals surface area contributed by atoms with Crippen molar-refractivity contribution < 1.29 is 0 Å². The lowest BCUT2D eigenvalue weighted by Crippen LogP contribution is -1.89. The van der Waals surface area contributed by atoms with Gasteiger partial charge in [-0.2, -0.15) is 0 Å². The van der Waals surface area contributed by atoms with Gasteiger partial charge >= 0.3 is 0 Å². The predicted molar refractivity (Wildman–Crippen MR) is 63.5 cm³/mol. The maximum absolute atomic E-state index is 3.91. The zero-order chi connectivity index (χ0) is 10.4. The molecular formula is C14H18. The molecule has 0 heterocycles. The maximum Gasteiger partial charge on any atom is -0.0273 e. The fourth-order valence-electron chi connectivity index (χ4n) is 1.50. The SMILES string of the molecule is C=CC(=C)CCCc1ccccc1C. The smallest absolute Gasteiger partial charge is 0.0273 e. The van der Waals surface area contributed by atoms with Crippen molar-refractivity contribution in [3.63, 3.8) is 0 Å². The van der Waals surface area contributed by atoms with Crippen LogP contribution in [0.1, 0.15) is 24.0 Å². The molecular weight excluding hydrogens is 168 g/mol. The lowest BCUT2D eigenvalue weighted by atomic mass is 10.0. The van der Waals surface area contributed by atoms with E-state index in [-0.39, 0.29) is 0 Å². The molecule has 1 aromatic carbocycles. The fourth-order valence-corrected chi connectivity index (χ4v) is 1.50. The first kappa shape index (κ1) is 10.8. The molecule has 0 heteroatoms. The fraction of sp³-hybridized carbons (Fsp3) is 0.286. The molecule has 0 bridgehead atoms. The third kappa shape index (κ3) is 3.21. The lowest BCUT2D eigenvalue weighted by Gasteiger charge is -2.04. The summed E-state index contributed by atoms with van der Waals surface area (Å²) in [6, 6.07) is 8.55. The van der Waals surface area contributed by atoms with Gasteiger partial charge in [-0.15, -0.1) is 0 Å². The summed E-state index contributed by atoms with van der Waals surface area (Å²) in [5, 5.41) is 0. The number of aryl methyl sites for hydroxylation is 2. The standard InChI is InChI=1S/C14H18/c1-4-12(2)8-7-11-14-10-6-5-9-13(14)3/h4-6,9-10H,1-2,7-8,11H2,3H3. The van der Waals surface area contributed by atoms with Crippen LogP contribution in [0, 0.1) is 6.92 Å². The van der Waals surface area contributed by atoms with Crippen molar-refractivity contribution in [3.8, 4) is 0 Å². The van der Waals surface area contributed by atoms with Crippen molar-refractivity contribution in [1.29, 1.82) is 0 Å². The first-order valence-corrected chi connectivity index (χ1v) is 5.08. The van der Waals surface area contributed by atoms with E-state index in [9.17, 15) is 0 Å². The zero-order valence-corrected chi connectivity index (χ0v) is 8.92. The predicted octanol–water partition coefficient (Wildman–Crippen LogP) is 4.06. The van der Waals surface area contributed by atoms with E-state index in [2.05, 4.69) is 44.3 Å². The Labute approximate surface area is 87.0 Å². The van der Waals surface area contributed by atoms with Crippen molar-refractivity contribution in [3.05, 3.63) is 60.2 Å². The van der Waals surface area contributed by atoms with Gasteiger partial charge in [0, 0.05) is 0 Å². The Bertz CT molecular complexity index is 321. The Morgan fingerprint density at radius 3 is 2.71 bits per heavy atom. The molecule has 1 aromatic rings. The molecule has 0 nitrogen and oxygen atoms in total. The number of hydrogen-bond acceptors (Lipinski definition) is 0. The van der Waals surface area contributed by atoms with Gasteiger partial charge in [0.1, 0.15) is 0 Å². The van der Waals surface area contributed by atoms with Gasteiger partial charge in [-0.1, -0.05) is 49.1 Å². The molecule has 0 radical (unpaired) electrons. The van der Waals surface area contributed by atoms with E-state index in [1.54, 1.807) is 0 Å². The summed E-state index contributed by atoms with van der Waals surface area (Å²) in [6.07, 6.45) is 5.20. The van der Waals surface area contributed by atoms with E-state index in [4.69, 9.17) is 0 Å². The first-order valence-electron chi connectivity index (χ1n) is 5.08. The van der Waals surface area contributed by atoms with E-state index in [1.807, 2.05) is 6.08 Å². The summed E-state index contributed by atoms with van der Waals surface area (Å²) in [5.74, 6) is 0. The largest absolute Gasteiger partial charge is 0.0988 e. The van der Waals surface area contributed by atoms with Crippen LogP contribution in [-0.2, 0) is 6.42 Å².